The third-order valence-electron chi connectivity index (χ3n) is 3.71. The molecule has 0 aromatic heterocycles. The third kappa shape index (κ3) is 4.72. The molecule has 7 heteroatoms. The third-order valence-corrected chi connectivity index (χ3v) is 3.71. The molecule has 0 heterocycles. The van der Waals surface area contributed by atoms with Crippen molar-refractivity contribution in [3.63, 3.8) is 0 Å². The highest BCUT2D eigenvalue weighted by atomic mass is 16.7. The Kier molecular flexibility index (Phi) is 5.82. The number of carboxylic acids is 1. The first-order valence-corrected chi connectivity index (χ1v) is 8.01. The maximum atomic E-state index is 12.3. The first-order chi connectivity index (χ1) is 12.2. The van der Waals surface area contributed by atoms with Crippen LogP contribution in [0.25, 0.3) is 10.8 Å². The van der Waals surface area contributed by atoms with Crippen molar-refractivity contribution in [1.29, 1.82) is 0 Å². The summed E-state index contributed by atoms with van der Waals surface area (Å²) in [6.07, 6.45) is -0.870. The van der Waals surface area contributed by atoms with E-state index in [0.717, 1.165) is 15.7 Å². The smallest absolute Gasteiger partial charge is 0.413 e. The number of rotatable bonds is 5. The molecule has 1 N–H and O–H groups in total. The molecule has 0 atom stereocenters. The molecule has 0 aliphatic rings. The van der Waals surface area contributed by atoms with Gasteiger partial charge >= 0.3 is 18.0 Å². The number of ether oxygens (including phenoxy) is 2. The number of hydrogen-bond donors (Lipinski definition) is 1. The number of nitrogens with zero attached hydrogens (tertiary/aromatic N) is 1. The number of fused-ring (bicyclic) bond motifs is 1. The van der Waals surface area contributed by atoms with Crippen LogP contribution in [-0.2, 0) is 14.3 Å². The van der Waals surface area contributed by atoms with E-state index in [1.807, 2.05) is 24.3 Å². The maximum absolute atomic E-state index is 12.3. The van der Waals surface area contributed by atoms with Crippen LogP contribution in [-0.4, -0.2) is 46.9 Å². The van der Waals surface area contributed by atoms with Crippen molar-refractivity contribution in [1.82, 2.24) is 4.90 Å². The topological polar surface area (TPSA) is 93.1 Å². The van der Waals surface area contributed by atoms with Crippen molar-refractivity contribution >= 4 is 28.8 Å². The lowest BCUT2D eigenvalue weighted by Crippen LogP contribution is -2.48. The summed E-state index contributed by atoms with van der Waals surface area (Å²) in [5.41, 5.74) is -0.396. The maximum Gasteiger partial charge on any atom is 0.413 e. The second-order valence-corrected chi connectivity index (χ2v) is 6.64. The van der Waals surface area contributed by atoms with Crippen LogP contribution in [0, 0.1) is 0 Å². The summed E-state index contributed by atoms with van der Waals surface area (Å²) in [5.74, 6) is -1.79. The first kappa shape index (κ1) is 19.2. The van der Waals surface area contributed by atoms with E-state index in [1.165, 1.54) is 0 Å². The zero-order valence-electron chi connectivity index (χ0n) is 14.9. The number of aliphatic carboxylic acids is 1. The molecule has 0 unspecified atom stereocenters. The van der Waals surface area contributed by atoms with Gasteiger partial charge < -0.3 is 14.6 Å². The molecule has 138 valence electrons. The van der Waals surface area contributed by atoms with Gasteiger partial charge in [0, 0.05) is 5.54 Å². The van der Waals surface area contributed by atoms with Gasteiger partial charge in [-0.15, -0.1) is 0 Å². The minimum absolute atomic E-state index is 0.359. The normalized spacial score (nSPS) is 11.0. The van der Waals surface area contributed by atoms with Crippen LogP contribution in [0.15, 0.2) is 42.5 Å². The lowest BCUT2D eigenvalue weighted by atomic mass is 10.1. The fourth-order valence-electron chi connectivity index (χ4n) is 2.40. The summed E-state index contributed by atoms with van der Waals surface area (Å²) in [7, 11) is 0. The van der Waals surface area contributed by atoms with E-state index >= 15 is 0 Å². The van der Waals surface area contributed by atoms with Crippen LogP contribution in [0.1, 0.15) is 31.1 Å². The number of amides is 1. The molecule has 0 fully saturated rings. The number of carboxylic acid groups (broad SMARTS) is 1. The zero-order valence-corrected chi connectivity index (χ0v) is 14.9. The zero-order chi connectivity index (χ0) is 19.3. The average Bonchev–Trinajstić information content (AvgIpc) is 2.57. The molecule has 7 nitrogen and oxygen atoms in total. The summed E-state index contributed by atoms with van der Waals surface area (Å²) in [6, 6.07) is 12.6. The van der Waals surface area contributed by atoms with Crippen molar-refractivity contribution in [2.45, 2.75) is 26.3 Å². The molecule has 0 aliphatic carbocycles. The summed E-state index contributed by atoms with van der Waals surface area (Å²) in [4.78, 5) is 36.3. The Hall–Kier alpha value is -3.09. The van der Waals surface area contributed by atoms with E-state index in [1.54, 1.807) is 39.0 Å². The molecule has 0 aliphatic heterocycles. The van der Waals surface area contributed by atoms with Crippen molar-refractivity contribution in [3.8, 4) is 0 Å². The van der Waals surface area contributed by atoms with E-state index in [9.17, 15) is 14.4 Å². The number of hydrogen-bond acceptors (Lipinski definition) is 5. The monoisotopic (exact) mass is 359 g/mol. The van der Waals surface area contributed by atoms with E-state index in [4.69, 9.17) is 14.6 Å². The predicted octanol–water partition coefficient (Wildman–Crippen LogP) is 3.28. The van der Waals surface area contributed by atoms with Crippen LogP contribution in [0.4, 0.5) is 4.79 Å². The molecule has 0 saturated heterocycles. The summed E-state index contributed by atoms with van der Waals surface area (Å²) < 4.78 is 9.93. The molecule has 2 aromatic rings. The Morgan fingerprint density at radius 3 is 2.31 bits per heavy atom. The summed E-state index contributed by atoms with van der Waals surface area (Å²) >= 11 is 0. The number of carbonyl (C=O) groups excluding carboxylic acids is 2. The Morgan fingerprint density at radius 1 is 1.00 bits per heavy atom. The van der Waals surface area contributed by atoms with Gasteiger partial charge in [0.15, 0.2) is 0 Å². The summed E-state index contributed by atoms with van der Waals surface area (Å²) in [6.45, 7) is 3.92. The largest absolute Gasteiger partial charge is 0.480 e. The van der Waals surface area contributed by atoms with Crippen molar-refractivity contribution < 1.29 is 29.0 Å². The Labute approximate surface area is 151 Å². The van der Waals surface area contributed by atoms with Crippen molar-refractivity contribution in [2.75, 3.05) is 13.3 Å². The van der Waals surface area contributed by atoms with Gasteiger partial charge in [-0.05, 0) is 37.6 Å². The molecule has 2 rings (SSSR count). The van der Waals surface area contributed by atoms with Gasteiger partial charge in [-0.2, -0.15) is 0 Å². The van der Waals surface area contributed by atoms with E-state index in [0.29, 0.717) is 5.56 Å². The quantitative estimate of drug-likeness (QED) is 0.650. The van der Waals surface area contributed by atoms with E-state index < -0.39 is 36.9 Å². The van der Waals surface area contributed by atoms with Crippen LogP contribution in [0.3, 0.4) is 0 Å². The molecule has 2 aromatic carbocycles. The predicted molar refractivity (Wildman–Crippen MR) is 94.8 cm³/mol. The van der Waals surface area contributed by atoms with Crippen LogP contribution < -0.4 is 0 Å². The fourth-order valence-corrected chi connectivity index (χ4v) is 2.40. The van der Waals surface area contributed by atoms with Crippen LogP contribution in [0.2, 0.25) is 0 Å². The van der Waals surface area contributed by atoms with Gasteiger partial charge in [-0.25, -0.2) is 9.59 Å². The summed E-state index contributed by atoms with van der Waals surface area (Å²) in [5, 5.41) is 10.5. The standard InChI is InChI=1S/C19H21NO6/c1-19(2,3)20(11-16(21)22)18(24)26-12-25-17(23)15-10-6-8-13-7-4-5-9-14(13)15/h4-10H,11-12H2,1-3H3,(H,21,22). The molecule has 0 radical (unpaired) electrons. The van der Waals surface area contributed by atoms with Gasteiger partial charge in [-0.1, -0.05) is 36.4 Å². The Bertz CT molecular complexity index is 819. The fraction of sp³-hybridized carbons (Fsp3) is 0.316. The molecule has 1 amide bonds. The second-order valence-electron chi connectivity index (χ2n) is 6.64. The van der Waals surface area contributed by atoms with Gasteiger partial charge in [0.2, 0.25) is 6.79 Å². The molecular weight excluding hydrogens is 338 g/mol. The minimum Gasteiger partial charge on any atom is -0.480 e. The van der Waals surface area contributed by atoms with Gasteiger partial charge in [0.25, 0.3) is 0 Å². The van der Waals surface area contributed by atoms with Gasteiger partial charge in [-0.3, -0.25) is 9.69 Å². The van der Waals surface area contributed by atoms with Crippen LogP contribution >= 0.6 is 0 Å². The highest BCUT2D eigenvalue weighted by molar-refractivity contribution is 6.04. The number of benzene rings is 2. The highest BCUT2D eigenvalue weighted by Crippen LogP contribution is 2.19. The highest BCUT2D eigenvalue weighted by Gasteiger charge is 2.30. The minimum atomic E-state index is -1.16. The van der Waals surface area contributed by atoms with Crippen molar-refractivity contribution in [2.24, 2.45) is 0 Å². The van der Waals surface area contributed by atoms with Crippen molar-refractivity contribution in [3.05, 3.63) is 48.0 Å². The van der Waals surface area contributed by atoms with Gasteiger partial charge in [0.05, 0.1) is 5.56 Å². The molecular formula is C19H21NO6. The molecule has 26 heavy (non-hydrogen) atoms. The number of carbonyl (C=O) groups is 3. The van der Waals surface area contributed by atoms with E-state index in [2.05, 4.69) is 0 Å². The van der Waals surface area contributed by atoms with E-state index in [-0.39, 0.29) is 0 Å². The lowest BCUT2D eigenvalue weighted by molar-refractivity contribution is -0.139. The lowest BCUT2D eigenvalue weighted by Gasteiger charge is -2.33. The number of esters is 1. The first-order valence-electron chi connectivity index (χ1n) is 8.01. The van der Waals surface area contributed by atoms with Crippen LogP contribution in [0.5, 0.6) is 0 Å². The Balaban J connectivity index is 2.01. The average molecular weight is 359 g/mol. The molecule has 0 saturated carbocycles. The second kappa shape index (κ2) is 7.86. The SMILES string of the molecule is CC(C)(C)N(CC(=O)O)C(=O)OCOC(=O)c1cccc2ccccc12. The molecule has 0 bridgehead atoms. The van der Waals surface area contributed by atoms with Gasteiger partial charge in [0.1, 0.15) is 6.54 Å². The Morgan fingerprint density at radius 2 is 1.65 bits per heavy atom. The molecule has 0 spiro atoms.